The van der Waals surface area contributed by atoms with Crippen LogP contribution in [0, 0.1) is 0 Å². The molecule has 4 nitrogen and oxygen atoms in total. The summed E-state index contributed by atoms with van der Waals surface area (Å²) in [5, 5.41) is 7.93. The summed E-state index contributed by atoms with van der Waals surface area (Å²) in [6, 6.07) is 10.9. The van der Waals surface area contributed by atoms with Gasteiger partial charge >= 0.3 is 0 Å². The maximum atomic E-state index is 11.1. The van der Waals surface area contributed by atoms with Gasteiger partial charge in [0.15, 0.2) is 5.78 Å². The molecule has 0 saturated heterocycles. The summed E-state index contributed by atoms with van der Waals surface area (Å²) in [4.78, 5) is 11.1. The molecule has 4 heteroatoms. The monoisotopic (exact) mass is 228 g/mol. The molecular formula is C13H12N2O2. The number of aromatic nitrogens is 2. The molecule has 0 aliphatic carbocycles. The van der Waals surface area contributed by atoms with E-state index in [1.807, 2.05) is 18.2 Å². The smallest absolute Gasteiger partial charge is 0.233 e. The summed E-state index contributed by atoms with van der Waals surface area (Å²) >= 11 is 0. The lowest BCUT2D eigenvalue weighted by molar-refractivity contribution is 0.101. The summed E-state index contributed by atoms with van der Waals surface area (Å²) in [5.41, 5.74) is 2.36. The first-order valence-electron chi connectivity index (χ1n) is 5.20. The lowest BCUT2D eigenvalue weighted by Gasteiger charge is -2.02. The molecule has 2 rings (SSSR count). The molecule has 0 atom stereocenters. The second-order valence-electron chi connectivity index (χ2n) is 3.59. The highest BCUT2D eigenvalue weighted by Gasteiger charge is 2.03. The van der Waals surface area contributed by atoms with E-state index in [-0.39, 0.29) is 5.78 Å². The van der Waals surface area contributed by atoms with Crippen molar-refractivity contribution in [3.8, 4) is 17.1 Å². The average Bonchev–Trinajstić information content (AvgIpc) is 2.39. The van der Waals surface area contributed by atoms with Gasteiger partial charge in [-0.1, -0.05) is 24.3 Å². The van der Waals surface area contributed by atoms with Crippen molar-refractivity contribution in [3.63, 3.8) is 0 Å². The van der Waals surface area contributed by atoms with Crippen LogP contribution in [-0.2, 0) is 0 Å². The van der Waals surface area contributed by atoms with Crippen molar-refractivity contribution in [2.45, 2.75) is 6.92 Å². The highest BCUT2D eigenvalue weighted by atomic mass is 16.5. The normalized spacial score (nSPS) is 10.0. The van der Waals surface area contributed by atoms with Crippen LogP contribution in [0.15, 0.2) is 36.4 Å². The molecule has 17 heavy (non-hydrogen) atoms. The predicted octanol–water partition coefficient (Wildman–Crippen LogP) is 2.35. The Hall–Kier alpha value is -2.23. The molecular weight excluding hydrogens is 216 g/mol. The molecule has 0 N–H and O–H groups in total. The minimum absolute atomic E-state index is 0.0531. The number of hydrogen-bond acceptors (Lipinski definition) is 4. The molecule has 0 aliphatic rings. The van der Waals surface area contributed by atoms with E-state index in [9.17, 15) is 4.79 Å². The van der Waals surface area contributed by atoms with E-state index < -0.39 is 0 Å². The van der Waals surface area contributed by atoms with E-state index in [1.165, 1.54) is 0 Å². The Morgan fingerprint density at radius 2 is 1.76 bits per heavy atom. The number of methoxy groups -OCH3 is 1. The van der Waals surface area contributed by atoms with Crippen LogP contribution in [0.1, 0.15) is 17.3 Å². The SMILES string of the molecule is COc1ccc(-c2ccc(C(C)=O)cc2)nn1. The molecule has 86 valence electrons. The van der Waals surface area contributed by atoms with Crippen molar-refractivity contribution in [3.05, 3.63) is 42.0 Å². The average molecular weight is 228 g/mol. The first-order chi connectivity index (χ1) is 8.20. The van der Waals surface area contributed by atoms with E-state index in [0.29, 0.717) is 11.4 Å². The molecule has 0 aliphatic heterocycles. The molecule has 0 saturated carbocycles. The van der Waals surface area contributed by atoms with Crippen molar-refractivity contribution in [2.24, 2.45) is 0 Å². The molecule has 0 amide bonds. The number of hydrogen-bond donors (Lipinski definition) is 0. The van der Waals surface area contributed by atoms with Gasteiger partial charge in [0.25, 0.3) is 0 Å². The Labute approximate surface area is 99.3 Å². The van der Waals surface area contributed by atoms with E-state index in [0.717, 1.165) is 11.3 Å². The number of ether oxygens (including phenoxy) is 1. The molecule has 0 radical (unpaired) electrons. The van der Waals surface area contributed by atoms with Gasteiger partial charge in [0, 0.05) is 17.2 Å². The van der Waals surface area contributed by atoms with Gasteiger partial charge in [0.1, 0.15) is 0 Å². The van der Waals surface area contributed by atoms with Crippen LogP contribution in [0.25, 0.3) is 11.3 Å². The first kappa shape index (κ1) is 11.3. The summed E-state index contributed by atoms with van der Waals surface area (Å²) < 4.78 is 4.94. The van der Waals surface area contributed by atoms with Crippen LogP contribution in [0.3, 0.4) is 0 Å². The Morgan fingerprint density at radius 3 is 2.24 bits per heavy atom. The fourth-order valence-electron chi connectivity index (χ4n) is 1.46. The minimum atomic E-state index is 0.0531. The molecule has 1 aromatic carbocycles. The summed E-state index contributed by atoms with van der Waals surface area (Å²) in [6.07, 6.45) is 0. The standard InChI is InChI=1S/C13H12N2O2/c1-9(16)10-3-5-11(6-4-10)12-7-8-13(17-2)15-14-12/h3-8H,1-2H3. The van der Waals surface area contributed by atoms with Crippen LogP contribution in [-0.4, -0.2) is 23.1 Å². The van der Waals surface area contributed by atoms with Gasteiger partial charge in [0.05, 0.1) is 12.8 Å². The van der Waals surface area contributed by atoms with Gasteiger partial charge in [-0.3, -0.25) is 4.79 Å². The van der Waals surface area contributed by atoms with Crippen molar-refractivity contribution in [1.29, 1.82) is 0 Å². The number of Topliss-reactive ketones (excluding diaryl/α,β-unsaturated/α-hetero) is 1. The Bertz CT molecular complexity index is 518. The second kappa shape index (κ2) is 4.74. The Balaban J connectivity index is 2.29. The molecule has 0 bridgehead atoms. The molecule has 0 fully saturated rings. The van der Waals surface area contributed by atoms with Gasteiger partial charge in [0.2, 0.25) is 5.88 Å². The lowest BCUT2D eigenvalue weighted by atomic mass is 10.1. The minimum Gasteiger partial charge on any atom is -0.480 e. The maximum absolute atomic E-state index is 11.1. The third-order valence-electron chi connectivity index (χ3n) is 2.44. The molecule has 0 unspecified atom stereocenters. The Morgan fingerprint density at radius 1 is 1.06 bits per heavy atom. The zero-order valence-electron chi connectivity index (χ0n) is 9.68. The number of benzene rings is 1. The second-order valence-corrected chi connectivity index (χ2v) is 3.59. The molecule has 1 heterocycles. The van der Waals surface area contributed by atoms with Crippen LogP contribution in [0.2, 0.25) is 0 Å². The highest BCUT2D eigenvalue weighted by molar-refractivity contribution is 5.94. The molecule has 2 aromatic rings. The fraction of sp³-hybridized carbons (Fsp3) is 0.154. The van der Waals surface area contributed by atoms with Crippen molar-refractivity contribution in [1.82, 2.24) is 10.2 Å². The zero-order valence-corrected chi connectivity index (χ0v) is 9.68. The van der Waals surface area contributed by atoms with Gasteiger partial charge in [-0.25, -0.2) is 0 Å². The van der Waals surface area contributed by atoms with E-state index in [4.69, 9.17) is 4.74 Å². The van der Waals surface area contributed by atoms with E-state index >= 15 is 0 Å². The summed E-state index contributed by atoms with van der Waals surface area (Å²) in [7, 11) is 1.55. The summed E-state index contributed by atoms with van der Waals surface area (Å²) in [6.45, 7) is 1.54. The van der Waals surface area contributed by atoms with E-state index in [2.05, 4.69) is 10.2 Å². The van der Waals surface area contributed by atoms with Gasteiger partial charge in [-0.15, -0.1) is 10.2 Å². The molecule has 1 aromatic heterocycles. The van der Waals surface area contributed by atoms with Crippen molar-refractivity contribution < 1.29 is 9.53 Å². The maximum Gasteiger partial charge on any atom is 0.233 e. The number of carbonyl (C=O) groups is 1. The van der Waals surface area contributed by atoms with Gasteiger partial charge in [-0.2, -0.15) is 0 Å². The third-order valence-corrected chi connectivity index (χ3v) is 2.44. The topological polar surface area (TPSA) is 52.1 Å². The lowest BCUT2D eigenvalue weighted by Crippen LogP contribution is -1.93. The van der Waals surface area contributed by atoms with Gasteiger partial charge in [-0.05, 0) is 13.0 Å². The number of ketones is 1. The Kier molecular flexibility index (Phi) is 3.14. The largest absolute Gasteiger partial charge is 0.480 e. The number of nitrogens with zero attached hydrogens (tertiary/aromatic N) is 2. The fourth-order valence-corrected chi connectivity index (χ4v) is 1.46. The van der Waals surface area contributed by atoms with Crippen LogP contribution in [0.5, 0.6) is 5.88 Å². The first-order valence-corrected chi connectivity index (χ1v) is 5.20. The zero-order chi connectivity index (χ0) is 12.3. The van der Waals surface area contributed by atoms with Crippen molar-refractivity contribution >= 4 is 5.78 Å². The van der Waals surface area contributed by atoms with Crippen LogP contribution in [0.4, 0.5) is 0 Å². The predicted molar refractivity (Wildman–Crippen MR) is 64.0 cm³/mol. The highest BCUT2D eigenvalue weighted by Crippen LogP contribution is 2.18. The third kappa shape index (κ3) is 2.47. The van der Waals surface area contributed by atoms with E-state index in [1.54, 1.807) is 32.2 Å². The van der Waals surface area contributed by atoms with Gasteiger partial charge < -0.3 is 4.74 Å². The number of carbonyl (C=O) groups excluding carboxylic acids is 1. The number of rotatable bonds is 3. The molecule has 0 spiro atoms. The van der Waals surface area contributed by atoms with Crippen LogP contribution < -0.4 is 4.74 Å². The summed E-state index contributed by atoms with van der Waals surface area (Å²) in [5.74, 6) is 0.534. The van der Waals surface area contributed by atoms with Crippen LogP contribution >= 0.6 is 0 Å². The quantitative estimate of drug-likeness (QED) is 0.757. The van der Waals surface area contributed by atoms with Crippen molar-refractivity contribution in [2.75, 3.05) is 7.11 Å².